The Balaban J connectivity index is 2.26. The summed E-state index contributed by atoms with van der Waals surface area (Å²) in [4.78, 5) is 12.6. The van der Waals surface area contributed by atoms with Crippen LogP contribution in [0.4, 0.5) is 0 Å². The summed E-state index contributed by atoms with van der Waals surface area (Å²) in [5, 5.41) is 0. The fraction of sp³-hybridized carbons (Fsp3) is 0.750. The molecule has 2 rings (SSSR count). The minimum atomic E-state index is -0.387. The molecule has 22 heavy (non-hydrogen) atoms. The monoisotopic (exact) mass is 304 g/mol. The molecule has 2 aliphatic carbocycles. The summed E-state index contributed by atoms with van der Waals surface area (Å²) in [6, 6.07) is 0. The zero-order valence-corrected chi connectivity index (χ0v) is 15.1. The largest absolute Gasteiger partial charge is 0.461 e. The summed E-state index contributed by atoms with van der Waals surface area (Å²) in [5.74, 6) is 1.94. The van der Waals surface area contributed by atoms with E-state index in [-0.39, 0.29) is 17.5 Å². The Hall–Kier alpha value is -1.05. The number of hydrogen-bond acceptors (Lipinski definition) is 2. The zero-order chi connectivity index (χ0) is 16.5. The highest BCUT2D eigenvalue weighted by molar-refractivity contribution is 5.76. The third kappa shape index (κ3) is 3.31. The second-order valence-corrected chi connectivity index (χ2v) is 7.88. The van der Waals surface area contributed by atoms with Gasteiger partial charge in [0.25, 0.3) is 0 Å². The molecule has 0 bridgehead atoms. The average Bonchev–Trinajstić information content (AvgIpc) is 2.47. The lowest BCUT2D eigenvalue weighted by Gasteiger charge is -2.43. The van der Waals surface area contributed by atoms with Crippen molar-refractivity contribution in [3.05, 3.63) is 23.8 Å². The van der Waals surface area contributed by atoms with E-state index >= 15 is 0 Å². The van der Waals surface area contributed by atoms with Crippen LogP contribution in [0, 0.1) is 29.1 Å². The number of carbonyl (C=O) groups is 1. The summed E-state index contributed by atoms with van der Waals surface area (Å²) < 4.78 is 6.05. The standard InChI is InChI=1S/C20H32O2/c1-7-16-14(4)9-10-15-11-13(3)12-17(18(15)16)22-19(21)20(5,6)8-2/h9-11,13-14,16-18H,7-8,12H2,1-6H3/t13-,14-,16-,17-,18-/m0/s1. The van der Waals surface area contributed by atoms with Gasteiger partial charge < -0.3 is 4.74 Å². The third-order valence-corrected chi connectivity index (χ3v) is 5.76. The van der Waals surface area contributed by atoms with Crippen LogP contribution in [-0.2, 0) is 9.53 Å². The Morgan fingerprint density at radius 3 is 2.59 bits per heavy atom. The molecule has 0 heterocycles. The highest BCUT2D eigenvalue weighted by atomic mass is 16.5. The minimum Gasteiger partial charge on any atom is -0.461 e. The topological polar surface area (TPSA) is 26.3 Å². The molecule has 0 saturated carbocycles. The lowest BCUT2D eigenvalue weighted by atomic mass is 9.66. The summed E-state index contributed by atoms with van der Waals surface area (Å²) >= 11 is 0. The van der Waals surface area contributed by atoms with Crippen LogP contribution in [0.3, 0.4) is 0 Å². The molecule has 2 heteroatoms. The summed E-state index contributed by atoms with van der Waals surface area (Å²) in [6.45, 7) is 12.8. The zero-order valence-electron chi connectivity index (χ0n) is 15.1. The molecule has 0 fully saturated rings. The number of allylic oxidation sites excluding steroid dienone is 3. The van der Waals surface area contributed by atoms with E-state index in [2.05, 4.69) is 45.9 Å². The third-order valence-electron chi connectivity index (χ3n) is 5.76. The molecule has 124 valence electrons. The van der Waals surface area contributed by atoms with Crippen molar-refractivity contribution in [2.24, 2.45) is 29.1 Å². The van der Waals surface area contributed by atoms with Crippen molar-refractivity contribution in [3.8, 4) is 0 Å². The molecule has 0 radical (unpaired) electrons. The predicted octanol–water partition coefficient (Wildman–Crippen LogP) is 5.15. The van der Waals surface area contributed by atoms with E-state index in [1.54, 1.807) is 0 Å². The van der Waals surface area contributed by atoms with E-state index in [9.17, 15) is 4.79 Å². The second kappa shape index (κ2) is 6.60. The van der Waals surface area contributed by atoms with E-state index < -0.39 is 0 Å². The van der Waals surface area contributed by atoms with Gasteiger partial charge in [0.2, 0.25) is 0 Å². The number of fused-ring (bicyclic) bond motifs is 1. The Labute approximate surface area is 136 Å². The van der Waals surface area contributed by atoms with Gasteiger partial charge >= 0.3 is 5.97 Å². The molecule has 2 nitrogen and oxygen atoms in total. The number of hydrogen-bond donors (Lipinski definition) is 0. The number of esters is 1. The Kier molecular flexibility index (Phi) is 5.19. The molecule has 0 aromatic carbocycles. The van der Waals surface area contributed by atoms with Gasteiger partial charge in [-0.3, -0.25) is 4.79 Å². The maximum Gasteiger partial charge on any atom is 0.311 e. The van der Waals surface area contributed by atoms with Gasteiger partial charge in [-0.2, -0.15) is 0 Å². The van der Waals surface area contributed by atoms with Crippen LogP contribution in [0.15, 0.2) is 23.8 Å². The smallest absolute Gasteiger partial charge is 0.311 e. The molecule has 2 aliphatic rings. The van der Waals surface area contributed by atoms with E-state index in [0.29, 0.717) is 23.7 Å². The summed E-state index contributed by atoms with van der Waals surface area (Å²) in [6.07, 6.45) is 9.90. The van der Waals surface area contributed by atoms with Gasteiger partial charge in [0.05, 0.1) is 5.41 Å². The van der Waals surface area contributed by atoms with Gasteiger partial charge in [-0.1, -0.05) is 52.3 Å². The van der Waals surface area contributed by atoms with Crippen LogP contribution >= 0.6 is 0 Å². The predicted molar refractivity (Wildman–Crippen MR) is 91.4 cm³/mol. The first-order valence-electron chi connectivity index (χ1n) is 8.91. The van der Waals surface area contributed by atoms with Crippen molar-refractivity contribution >= 4 is 5.97 Å². The fourth-order valence-corrected chi connectivity index (χ4v) is 3.85. The first-order chi connectivity index (χ1) is 10.3. The highest BCUT2D eigenvalue weighted by Crippen LogP contribution is 2.44. The maximum absolute atomic E-state index is 12.6. The van der Waals surface area contributed by atoms with Crippen LogP contribution in [0.2, 0.25) is 0 Å². The molecular weight excluding hydrogens is 272 g/mol. The van der Waals surface area contributed by atoms with Crippen molar-refractivity contribution in [3.63, 3.8) is 0 Å². The second-order valence-electron chi connectivity index (χ2n) is 7.88. The Morgan fingerprint density at radius 2 is 2.00 bits per heavy atom. The van der Waals surface area contributed by atoms with Crippen LogP contribution in [0.5, 0.6) is 0 Å². The SMILES string of the molecule is CC[C@@H]1[C@@H]2C(=C[C@H](C)C[C@@H]2OC(=O)C(C)(C)CC)C=C[C@@H]1C. The molecule has 5 atom stereocenters. The normalized spacial score (nSPS) is 34.8. The molecule has 0 aromatic heterocycles. The molecule has 0 unspecified atom stereocenters. The van der Waals surface area contributed by atoms with Gasteiger partial charge in [-0.05, 0) is 50.0 Å². The Bertz CT molecular complexity index is 472. The van der Waals surface area contributed by atoms with Crippen molar-refractivity contribution in [2.75, 3.05) is 0 Å². The van der Waals surface area contributed by atoms with E-state index in [0.717, 1.165) is 19.3 Å². The number of rotatable bonds is 4. The first-order valence-corrected chi connectivity index (χ1v) is 8.91. The van der Waals surface area contributed by atoms with Crippen LogP contribution in [0.1, 0.15) is 60.8 Å². The van der Waals surface area contributed by atoms with Crippen LogP contribution in [-0.4, -0.2) is 12.1 Å². The maximum atomic E-state index is 12.6. The molecular formula is C20H32O2. The van der Waals surface area contributed by atoms with Crippen LogP contribution < -0.4 is 0 Å². The molecule has 0 aliphatic heterocycles. The Morgan fingerprint density at radius 1 is 1.32 bits per heavy atom. The molecule has 0 N–H and O–H groups in total. The number of carbonyl (C=O) groups excluding carboxylic acids is 1. The van der Waals surface area contributed by atoms with Gasteiger partial charge in [0, 0.05) is 5.92 Å². The van der Waals surface area contributed by atoms with Gasteiger partial charge in [-0.15, -0.1) is 0 Å². The quantitative estimate of drug-likeness (QED) is 0.671. The van der Waals surface area contributed by atoms with Crippen molar-refractivity contribution in [2.45, 2.75) is 66.9 Å². The minimum absolute atomic E-state index is 0.0330. The lowest BCUT2D eigenvalue weighted by molar-refractivity contribution is -0.164. The molecule has 0 spiro atoms. The summed E-state index contributed by atoms with van der Waals surface area (Å²) in [7, 11) is 0. The number of ether oxygens (including phenoxy) is 1. The highest BCUT2D eigenvalue weighted by Gasteiger charge is 2.42. The van der Waals surface area contributed by atoms with Crippen molar-refractivity contribution in [1.82, 2.24) is 0 Å². The van der Waals surface area contributed by atoms with Crippen LogP contribution in [0.25, 0.3) is 0 Å². The van der Waals surface area contributed by atoms with E-state index in [1.165, 1.54) is 5.57 Å². The summed E-state index contributed by atoms with van der Waals surface area (Å²) in [5.41, 5.74) is 0.998. The lowest BCUT2D eigenvalue weighted by Crippen LogP contribution is -2.42. The van der Waals surface area contributed by atoms with Crippen molar-refractivity contribution in [1.29, 1.82) is 0 Å². The first kappa shape index (κ1) is 17.3. The van der Waals surface area contributed by atoms with Gasteiger partial charge in [-0.25, -0.2) is 0 Å². The molecule has 0 saturated heterocycles. The van der Waals surface area contributed by atoms with Gasteiger partial charge in [0.15, 0.2) is 0 Å². The van der Waals surface area contributed by atoms with Crippen molar-refractivity contribution < 1.29 is 9.53 Å². The molecule has 0 amide bonds. The average molecular weight is 304 g/mol. The van der Waals surface area contributed by atoms with Gasteiger partial charge in [0.1, 0.15) is 6.10 Å². The fourth-order valence-electron chi connectivity index (χ4n) is 3.85. The molecule has 0 aromatic rings. The van der Waals surface area contributed by atoms with E-state index in [1.807, 2.05) is 13.8 Å². The van der Waals surface area contributed by atoms with E-state index in [4.69, 9.17) is 4.74 Å².